The first-order chi connectivity index (χ1) is 12.3. The Morgan fingerprint density at radius 2 is 1.81 bits per heavy atom. The lowest BCUT2D eigenvalue weighted by molar-refractivity contribution is -0.140. The Balaban J connectivity index is 1.93. The minimum Gasteiger partial charge on any atom is -0.493 e. The predicted molar refractivity (Wildman–Crippen MR) is 101 cm³/mol. The normalized spacial score (nSPS) is 15.5. The lowest BCUT2D eigenvalue weighted by Crippen LogP contribution is -2.50. The molecule has 7 heteroatoms. The molecule has 0 atom stereocenters. The topological polar surface area (TPSA) is 67.9 Å². The first kappa shape index (κ1) is 20.4. The number of carbonyl (C=O) groups excluding carboxylic acids is 2. The summed E-state index contributed by atoms with van der Waals surface area (Å²) in [7, 11) is 3.09. The third-order valence-electron chi connectivity index (χ3n) is 4.68. The van der Waals surface area contributed by atoms with Crippen LogP contribution in [-0.2, 0) is 4.79 Å². The van der Waals surface area contributed by atoms with Crippen LogP contribution in [0.5, 0.6) is 11.5 Å². The van der Waals surface area contributed by atoms with Crippen molar-refractivity contribution >= 4 is 23.4 Å². The highest BCUT2D eigenvalue weighted by Gasteiger charge is 2.33. The van der Waals surface area contributed by atoms with E-state index in [4.69, 9.17) is 21.1 Å². The van der Waals surface area contributed by atoms with Gasteiger partial charge in [-0.2, -0.15) is 0 Å². The van der Waals surface area contributed by atoms with Crippen molar-refractivity contribution in [3.63, 3.8) is 0 Å². The fourth-order valence-corrected chi connectivity index (χ4v) is 3.07. The summed E-state index contributed by atoms with van der Waals surface area (Å²) < 4.78 is 10.4. The molecule has 1 fully saturated rings. The molecule has 1 aliphatic heterocycles. The Morgan fingerprint density at radius 1 is 1.19 bits per heavy atom. The number of halogens is 1. The third-order valence-corrected chi connectivity index (χ3v) is 5.34. The van der Waals surface area contributed by atoms with Crippen LogP contribution in [0.1, 0.15) is 37.0 Å². The van der Waals surface area contributed by atoms with Gasteiger partial charge in [0, 0.05) is 30.6 Å². The number of amides is 2. The zero-order valence-electron chi connectivity index (χ0n) is 15.8. The SMILES string of the molecule is COc1ccc(C(=O)NC2CCN(C(=O)C(C)(C)CCl)CC2)cc1OC. The van der Waals surface area contributed by atoms with Crippen molar-refractivity contribution in [2.24, 2.45) is 5.41 Å². The van der Waals surface area contributed by atoms with E-state index in [1.165, 1.54) is 7.11 Å². The molecule has 0 aromatic heterocycles. The van der Waals surface area contributed by atoms with Gasteiger partial charge in [0.2, 0.25) is 5.91 Å². The molecule has 1 saturated heterocycles. The highest BCUT2D eigenvalue weighted by Crippen LogP contribution is 2.28. The zero-order chi connectivity index (χ0) is 19.3. The Bertz CT molecular complexity index is 655. The van der Waals surface area contributed by atoms with Gasteiger partial charge in [-0.3, -0.25) is 9.59 Å². The minimum atomic E-state index is -0.558. The molecule has 1 aromatic rings. The number of nitrogens with zero attached hydrogens (tertiary/aromatic N) is 1. The molecule has 1 N–H and O–H groups in total. The molecule has 1 aromatic carbocycles. The molecule has 0 radical (unpaired) electrons. The van der Waals surface area contributed by atoms with Crippen LogP contribution in [0.25, 0.3) is 0 Å². The number of benzene rings is 1. The van der Waals surface area contributed by atoms with Crippen molar-refractivity contribution in [3.05, 3.63) is 23.8 Å². The predicted octanol–water partition coefficient (Wildman–Crippen LogP) is 2.69. The highest BCUT2D eigenvalue weighted by molar-refractivity contribution is 6.19. The minimum absolute atomic E-state index is 0.0405. The lowest BCUT2D eigenvalue weighted by Gasteiger charge is -2.36. The summed E-state index contributed by atoms with van der Waals surface area (Å²) >= 11 is 5.90. The summed E-state index contributed by atoms with van der Waals surface area (Å²) in [6, 6.07) is 5.12. The fraction of sp³-hybridized carbons (Fsp3) is 0.579. The Morgan fingerprint density at radius 3 is 2.35 bits per heavy atom. The van der Waals surface area contributed by atoms with Gasteiger partial charge in [-0.25, -0.2) is 0 Å². The van der Waals surface area contributed by atoms with Gasteiger partial charge >= 0.3 is 0 Å². The molecule has 0 bridgehead atoms. The Hall–Kier alpha value is -1.95. The molecule has 2 rings (SSSR count). The number of hydrogen-bond donors (Lipinski definition) is 1. The average molecular weight is 383 g/mol. The van der Waals surface area contributed by atoms with Gasteiger partial charge in [-0.15, -0.1) is 11.6 Å². The fourth-order valence-electron chi connectivity index (χ4n) is 2.96. The molecule has 0 spiro atoms. The van der Waals surface area contributed by atoms with E-state index in [1.54, 1.807) is 25.3 Å². The van der Waals surface area contributed by atoms with Gasteiger partial charge in [0.25, 0.3) is 5.91 Å². The average Bonchev–Trinajstić information content (AvgIpc) is 2.67. The number of likely N-dealkylation sites (tertiary alicyclic amines) is 1. The standard InChI is InChI=1S/C19H27ClN2O4/c1-19(2,12-20)18(24)22-9-7-14(8-10-22)21-17(23)13-5-6-15(25-3)16(11-13)26-4/h5-6,11,14H,7-10,12H2,1-4H3,(H,21,23). The van der Waals surface area contributed by atoms with E-state index in [0.29, 0.717) is 36.0 Å². The summed E-state index contributed by atoms with van der Waals surface area (Å²) in [6.45, 7) is 4.95. The second-order valence-electron chi connectivity index (χ2n) is 7.13. The van der Waals surface area contributed by atoms with Crippen LogP contribution >= 0.6 is 11.6 Å². The van der Waals surface area contributed by atoms with Crippen molar-refractivity contribution in [1.82, 2.24) is 10.2 Å². The number of hydrogen-bond acceptors (Lipinski definition) is 4. The molecule has 0 aliphatic carbocycles. The first-order valence-corrected chi connectivity index (χ1v) is 9.24. The van der Waals surface area contributed by atoms with Gasteiger partial charge in [0.1, 0.15) is 0 Å². The second kappa shape index (κ2) is 8.62. The number of methoxy groups -OCH3 is 2. The van der Waals surface area contributed by atoms with Crippen LogP contribution in [-0.4, -0.2) is 55.9 Å². The largest absolute Gasteiger partial charge is 0.493 e. The monoisotopic (exact) mass is 382 g/mol. The van der Waals surface area contributed by atoms with E-state index < -0.39 is 5.41 Å². The van der Waals surface area contributed by atoms with Gasteiger partial charge in [0.15, 0.2) is 11.5 Å². The third kappa shape index (κ3) is 4.61. The van der Waals surface area contributed by atoms with E-state index >= 15 is 0 Å². The van der Waals surface area contributed by atoms with Gasteiger partial charge in [0.05, 0.1) is 19.6 Å². The van der Waals surface area contributed by atoms with Crippen LogP contribution in [0, 0.1) is 5.41 Å². The highest BCUT2D eigenvalue weighted by atomic mass is 35.5. The summed E-state index contributed by atoms with van der Waals surface area (Å²) in [5.74, 6) is 1.30. The van der Waals surface area contributed by atoms with Crippen molar-refractivity contribution in [1.29, 1.82) is 0 Å². The van der Waals surface area contributed by atoms with Crippen molar-refractivity contribution in [2.75, 3.05) is 33.2 Å². The Kier molecular flexibility index (Phi) is 6.75. The first-order valence-electron chi connectivity index (χ1n) is 8.70. The van der Waals surface area contributed by atoms with E-state index in [1.807, 2.05) is 18.7 Å². The number of carbonyl (C=O) groups is 2. The molecule has 1 heterocycles. The molecule has 0 unspecified atom stereocenters. The molecule has 144 valence electrons. The summed E-state index contributed by atoms with van der Waals surface area (Å²) in [5, 5.41) is 3.04. The maximum Gasteiger partial charge on any atom is 0.251 e. The van der Waals surface area contributed by atoms with Crippen LogP contribution in [0.2, 0.25) is 0 Å². The maximum absolute atomic E-state index is 12.5. The van der Waals surface area contributed by atoms with Crippen LogP contribution in [0.15, 0.2) is 18.2 Å². The molecule has 0 saturated carbocycles. The molecule has 6 nitrogen and oxygen atoms in total. The van der Waals surface area contributed by atoms with E-state index in [-0.39, 0.29) is 17.9 Å². The van der Waals surface area contributed by atoms with Gasteiger partial charge in [-0.05, 0) is 44.9 Å². The quantitative estimate of drug-likeness (QED) is 0.768. The lowest BCUT2D eigenvalue weighted by atomic mass is 9.92. The van der Waals surface area contributed by atoms with Crippen molar-refractivity contribution < 1.29 is 19.1 Å². The number of nitrogens with one attached hydrogen (secondary N) is 1. The molecule has 26 heavy (non-hydrogen) atoms. The second-order valence-corrected chi connectivity index (χ2v) is 7.39. The summed E-state index contributed by atoms with van der Waals surface area (Å²) in [5.41, 5.74) is -0.0403. The summed E-state index contributed by atoms with van der Waals surface area (Å²) in [6.07, 6.45) is 1.45. The van der Waals surface area contributed by atoms with Gasteiger partial charge in [-0.1, -0.05) is 0 Å². The number of ether oxygens (including phenoxy) is 2. The molecular formula is C19H27ClN2O4. The molecule has 1 aliphatic rings. The van der Waals surface area contributed by atoms with Crippen molar-refractivity contribution in [3.8, 4) is 11.5 Å². The Labute approximate surface area is 159 Å². The number of rotatable bonds is 6. The maximum atomic E-state index is 12.5. The molecule has 2 amide bonds. The van der Waals surface area contributed by atoms with Gasteiger partial charge < -0.3 is 19.7 Å². The van der Waals surface area contributed by atoms with E-state index in [9.17, 15) is 9.59 Å². The molecular weight excluding hydrogens is 356 g/mol. The zero-order valence-corrected chi connectivity index (χ0v) is 16.6. The number of piperidine rings is 1. The summed E-state index contributed by atoms with van der Waals surface area (Å²) in [4.78, 5) is 26.8. The van der Waals surface area contributed by atoms with E-state index in [2.05, 4.69) is 5.32 Å². The smallest absolute Gasteiger partial charge is 0.251 e. The van der Waals surface area contributed by atoms with Crippen LogP contribution in [0.4, 0.5) is 0 Å². The van der Waals surface area contributed by atoms with Crippen molar-refractivity contribution in [2.45, 2.75) is 32.7 Å². The van der Waals surface area contributed by atoms with Crippen LogP contribution in [0.3, 0.4) is 0 Å². The number of alkyl halides is 1. The van der Waals surface area contributed by atoms with Crippen LogP contribution < -0.4 is 14.8 Å². The van der Waals surface area contributed by atoms with E-state index in [0.717, 1.165) is 12.8 Å².